The Morgan fingerprint density at radius 1 is 0.892 bits per heavy atom. The van der Waals surface area contributed by atoms with Gasteiger partial charge in [-0.25, -0.2) is 0 Å². The van der Waals surface area contributed by atoms with Gasteiger partial charge in [0, 0.05) is 16.1 Å². The summed E-state index contributed by atoms with van der Waals surface area (Å²) in [5.41, 5.74) is 0.0691. The molecular formula is C28H22ClF3N2O2S. The van der Waals surface area contributed by atoms with Gasteiger partial charge in [-0.1, -0.05) is 54.9 Å². The van der Waals surface area contributed by atoms with E-state index in [0.717, 1.165) is 29.0 Å². The smallest absolute Gasteiger partial charge is 0.324 e. The Bertz CT molecular complexity index is 1460. The zero-order valence-electron chi connectivity index (χ0n) is 19.6. The van der Waals surface area contributed by atoms with Gasteiger partial charge in [-0.05, 0) is 65.7 Å². The summed E-state index contributed by atoms with van der Waals surface area (Å²) in [6.45, 7) is 1.80. The van der Waals surface area contributed by atoms with Gasteiger partial charge in [-0.3, -0.25) is 9.59 Å². The highest BCUT2D eigenvalue weighted by atomic mass is 35.5. The van der Waals surface area contributed by atoms with Gasteiger partial charge >= 0.3 is 6.18 Å². The van der Waals surface area contributed by atoms with Crippen LogP contribution in [-0.2, 0) is 11.0 Å². The van der Waals surface area contributed by atoms with E-state index < -0.39 is 22.9 Å². The van der Waals surface area contributed by atoms with Gasteiger partial charge in [-0.15, -0.1) is 11.8 Å². The number of benzene rings is 4. The van der Waals surface area contributed by atoms with Crippen LogP contribution in [-0.4, -0.2) is 17.1 Å². The van der Waals surface area contributed by atoms with Crippen LogP contribution in [0.1, 0.15) is 29.3 Å². The minimum atomic E-state index is -4.55. The Morgan fingerprint density at radius 2 is 1.65 bits per heavy atom. The number of hydrogen-bond acceptors (Lipinski definition) is 3. The number of carbonyl (C=O) groups excluding carboxylic acids is 2. The topological polar surface area (TPSA) is 58.2 Å². The highest BCUT2D eigenvalue weighted by molar-refractivity contribution is 8.00. The van der Waals surface area contributed by atoms with Crippen LogP contribution in [0.25, 0.3) is 10.8 Å². The van der Waals surface area contributed by atoms with Gasteiger partial charge in [0.25, 0.3) is 5.91 Å². The number of anilines is 2. The average Bonchev–Trinajstić information content (AvgIpc) is 2.87. The first kappa shape index (κ1) is 26.6. The van der Waals surface area contributed by atoms with E-state index >= 15 is 0 Å². The Labute approximate surface area is 221 Å². The molecule has 0 bridgehead atoms. The Hall–Kier alpha value is -3.49. The molecule has 0 spiro atoms. The van der Waals surface area contributed by atoms with Crippen LogP contribution in [0.3, 0.4) is 0 Å². The molecule has 0 saturated heterocycles. The molecule has 0 saturated carbocycles. The van der Waals surface area contributed by atoms with Crippen LogP contribution in [0.5, 0.6) is 0 Å². The second kappa shape index (κ2) is 11.3. The summed E-state index contributed by atoms with van der Waals surface area (Å²) in [5.74, 6) is -0.740. The molecule has 0 heterocycles. The molecule has 0 aliphatic rings. The lowest BCUT2D eigenvalue weighted by Crippen LogP contribution is -2.25. The van der Waals surface area contributed by atoms with Gasteiger partial charge in [0.15, 0.2) is 0 Å². The van der Waals surface area contributed by atoms with E-state index in [2.05, 4.69) is 10.6 Å². The first-order valence-corrected chi connectivity index (χ1v) is 12.6. The van der Waals surface area contributed by atoms with E-state index in [1.807, 2.05) is 36.4 Å². The molecule has 4 aromatic rings. The largest absolute Gasteiger partial charge is 0.416 e. The van der Waals surface area contributed by atoms with Crippen molar-refractivity contribution in [3.05, 3.63) is 101 Å². The average molecular weight is 543 g/mol. The van der Waals surface area contributed by atoms with Crippen molar-refractivity contribution in [3.63, 3.8) is 0 Å². The quantitative estimate of drug-likeness (QED) is 0.231. The molecular weight excluding hydrogens is 521 g/mol. The lowest BCUT2D eigenvalue weighted by molar-refractivity contribution is -0.137. The predicted molar refractivity (Wildman–Crippen MR) is 143 cm³/mol. The number of hydrogen-bond donors (Lipinski definition) is 2. The molecule has 2 amide bonds. The van der Waals surface area contributed by atoms with Crippen molar-refractivity contribution in [1.29, 1.82) is 0 Å². The third kappa shape index (κ3) is 6.64. The molecule has 1 unspecified atom stereocenters. The Balaban J connectivity index is 1.45. The minimum absolute atomic E-state index is 0.0135. The second-order valence-electron chi connectivity index (χ2n) is 8.24. The molecule has 0 fully saturated rings. The molecule has 190 valence electrons. The van der Waals surface area contributed by atoms with E-state index in [4.69, 9.17) is 11.6 Å². The summed E-state index contributed by atoms with van der Waals surface area (Å²) < 4.78 is 39.2. The fraction of sp³-hybridized carbons (Fsp3) is 0.143. The predicted octanol–water partition coefficient (Wildman–Crippen LogP) is 8.27. The lowest BCUT2D eigenvalue weighted by atomic mass is 10.1. The lowest BCUT2D eigenvalue weighted by Gasteiger charge is -2.17. The minimum Gasteiger partial charge on any atom is -0.324 e. The van der Waals surface area contributed by atoms with Crippen molar-refractivity contribution < 1.29 is 22.8 Å². The molecule has 2 N–H and O–H groups in total. The molecule has 4 rings (SSSR count). The number of fused-ring (bicyclic) bond motifs is 1. The molecule has 0 aliphatic heterocycles. The van der Waals surface area contributed by atoms with Gasteiger partial charge < -0.3 is 10.6 Å². The van der Waals surface area contributed by atoms with Gasteiger partial charge in [-0.2, -0.15) is 13.2 Å². The standard InChI is InChI=1S/C28H22ClF3N2O2S/c1-2-25(27(36)34-24-15-20(28(30,31)32)12-13-23(24)29)37-22-9-5-8-21(16-22)33-26(35)19-11-10-17-6-3-4-7-18(17)14-19/h3-16,25H,2H2,1H3,(H,33,35)(H,34,36). The first-order chi connectivity index (χ1) is 17.6. The van der Waals surface area contributed by atoms with E-state index in [0.29, 0.717) is 22.6 Å². The van der Waals surface area contributed by atoms with E-state index in [1.165, 1.54) is 11.8 Å². The molecule has 4 aromatic carbocycles. The summed E-state index contributed by atoms with van der Waals surface area (Å²) in [5, 5.41) is 6.79. The number of amides is 2. The van der Waals surface area contributed by atoms with Crippen molar-refractivity contribution in [1.82, 2.24) is 0 Å². The Morgan fingerprint density at radius 3 is 2.38 bits per heavy atom. The van der Waals surface area contributed by atoms with Crippen LogP contribution in [0.2, 0.25) is 5.02 Å². The highest BCUT2D eigenvalue weighted by Crippen LogP contribution is 2.35. The maximum Gasteiger partial charge on any atom is 0.416 e. The normalized spacial score (nSPS) is 12.2. The van der Waals surface area contributed by atoms with E-state index in [1.54, 1.807) is 37.3 Å². The fourth-order valence-electron chi connectivity index (χ4n) is 3.68. The maximum atomic E-state index is 13.1. The van der Waals surface area contributed by atoms with Crippen molar-refractivity contribution in [2.75, 3.05) is 10.6 Å². The highest BCUT2D eigenvalue weighted by Gasteiger charge is 2.31. The number of carbonyl (C=O) groups is 2. The summed E-state index contributed by atoms with van der Waals surface area (Å²) >= 11 is 7.26. The summed E-state index contributed by atoms with van der Waals surface area (Å²) in [4.78, 5) is 26.4. The van der Waals surface area contributed by atoms with Crippen LogP contribution >= 0.6 is 23.4 Å². The van der Waals surface area contributed by atoms with Crippen molar-refractivity contribution in [2.45, 2.75) is 29.7 Å². The molecule has 1 atom stereocenters. The van der Waals surface area contributed by atoms with Gasteiger partial charge in [0.2, 0.25) is 5.91 Å². The van der Waals surface area contributed by atoms with Crippen LogP contribution in [0.15, 0.2) is 89.8 Å². The fourth-order valence-corrected chi connectivity index (χ4v) is 4.86. The van der Waals surface area contributed by atoms with E-state index in [-0.39, 0.29) is 16.6 Å². The number of alkyl halides is 3. The molecule has 9 heteroatoms. The molecule has 0 radical (unpaired) electrons. The molecule has 0 aliphatic carbocycles. The maximum absolute atomic E-state index is 13.1. The summed E-state index contributed by atoms with van der Waals surface area (Å²) in [6.07, 6.45) is -4.14. The number of rotatable bonds is 7. The summed E-state index contributed by atoms with van der Waals surface area (Å²) in [6, 6.07) is 23.0. The van der Waals surface area contributed by atoms with Crippen LogP contribution in [0.4, 0.5) is 24.5 Å². The van der Waals surface area contributed by atoms with Crippen LogP contribution < -0.4 is 10.6 Å². The van der Waals surface area contributed by atoms with Crippen molar-refractivity contribution in [3.8, 4) is 0 Å². The van der Waals surface area contributed by atoms with E-state index in [9.17, 15) is 22.8 Å². The third-order valence-corrected chi connectivity index (χ3v) is 7.28. The van der Waals surface area contributed by atoms with Crippen LogP contribution in [0, 0.1) is 0 Å². The number of nitrogens with one attached hydrogen (secondary N) is 2. The summed E-state index contributed by atoms with van der Waals surface area (Å²) in [7, 11) is 0. The Kier molecular flexibility index (Phi) is 8.10. The third-order valence-electron chi connectivity index (χ3n) is 5.60. The first-order valence-electron chi connectivity index (χ1n) is 11.4. The van der Waals surface area contributed by atoms with Gasteiger partial charge in [0.1, 0.15) is 0 Å². The molecule has 4 nitrogen and oxygen atoms in total. The second-order valence-corrected chi connectivity index (χ2v) is 9.92. The zero-order chi connectivity index (χ0) is 26.6. The number of halogens is 4. The van der Waals surface area contributed by atoms with Crippen molar-refractivity contribution >= 4 is 57.3 Å². The molecule has 0 aromatic heterocycles. The van der Waals surface area contributed by atoms with Gasteiger partial charge in [0.05, 0.1) is 21.5 Å². The number of thioether (sulfide) groups is 1. The monoisotopic (exact) mass is 542 g/mol. The zero-order valence-corrected chi connectivity index (χ0v) is 21.2. The molecule has 37 heavy (non-hydrogen) atoms. The van der Waals surface area contributed by atoms with Crippen molar-refractivity contribution in [2.24, 2.45) is 0 Å². The SMILES string of the molecule is CCC(Sc1cccc(NC(=O)c2ccc3ccccc3c2)c1)C(=O)Nc1cc(C(F)(F)F)ccc1Cl.